The van der Waals surface area contributed by atoms with E-state index in [-0.39, 0.29) is 11.5 Å². The molecule has 0 radical (unpaired) electrons. The number of aromatic hydroxyl groups is 2. The molecule has 3 aromatic carbocycles. The van der Waals surface area contributed by atoms with Crippen LogP contribution in [0.3, 0.4) is 0 Å². The van der Waals surface area contributed by atoms with Crippen LogP contribution in [0.25, 0.3) is 5.57 Å². The van der Waals surface area contributed by atoms with Crippen molar-refractivity contribution in [2.45, 2.75) is 4.90 Å². The molecule has 0 saturated carbocycles. The van der Waals surface area contributed by atoms with Crippen molar-refractivity contribution in [1.29, 1.82) is 0 Å². The summed E-state index contributed by atoms with van der Waals surface area (Å²) in [7, 11) is 2.06. The maximum Gasteiger partial charge on any atom is 0.115 e. The van der Waals surface area contributed by atoms with Gasteiger partial charge in [-0.15, -0.1) is 0 Å². The molecule has 4 rings (SSSR count). The summed E-state index contributed by atoms with van der Waals surface area (Å²) in [5.41, 5.74) is 4.29. The SMILES string of the molecule is CN1C(=C(c2ccc(O)cc2)c2ccc(O)cc2)Sc2ccccc21. The van der Waals surface area contributed by atoms with E-state index in [1.54, 1.807) is 36.0 Å². The highest BCUT2D eigenvalue weighted by molar-refractivity contribution is 8.04. The van der Waals surface area contributed by atoms with Gasteiger partial charge in [-0.1, -0.05) is 48.2 Å². The van der Waals surface area contributed by atoms with E-state index in [4.69, 9.17) is 0 Å². The van der Waals surface area contributed by atoms with Gasteiger partial charge in [0.1, 0.15) is 11.5 Å². The Kier molecular flexibility index (Phi) is 3.90. The quantitative estimate of drug-likeness (QED) is 0.680. The molecule has 0 fully saturated rings. The van der Waals surface area contributed by atoms with Crippen LogP contribution in [0.1, 0.15) is 11.1 Å². The molecule has 0 amide bonds. The molecule has 1 aliphatic rings. The second-order valence-electron chi connectivity index (χ2n) is 5.90. The number of thioether (sulfide) groups is 1. The van der Waals surface area contributed by atoms with Crippen molar-refractivity contribution in [3.8, 4) is 11.5 Å². The fraction of sp³-hybridized carbons (Fsp3) is 0.0476. The molecule has 124 valence electrons. The van der Waals surface area contributed by atoms with Crippen molar-refractivity contribution in [3.05, 3.63) is 89.0 Å². The molecule has 0 aliphatic carbocycles. The lowest BCUT2D eigenvalue weighted by Gasteiger charge is -2.19. The van der Waals surface area contributed by atoms with Gasteiger partial charge in [0, 0.05) is 17.5 Å². The molecule has 0 atom stereocenters. The van der Waals surface area contributed by atoms with Gasteiger partial charge in [0.2, 0.25) is 0 Å². The second-order valence-corrected chi connectivity index (χ2v) is 6.93. The summed E-state index contributed by atoms with van der Waals surface area (Å²) in [5.74, 6) is 0.490. The van der Waals surface area contributed by atoms with Crippen molar-refractivity contribution in [3.63, 3.8) is 0 Å². The average molecular weight is 347 g/mol. The van der Waals surface area contributed by atoms with Crippen LogP contribution in [0.4, 0.5) is 5.69 Å². The topological polar surface area (TPSA) is 43.7 Å². The Morgan fingerprint density at radius 3 is 1.80 bits per heavy atom. The van der Waals surface area contributed by atoms with Gasteiger partial charge in [0.15, 0.2) is 0 Å². The van der Waals surface area contributed by atoms with Crippen LogP contribution in [-0.2, 0) is 0 Å². The minimum Gasteiger partial charge on any atom is -0.508 e. The average Bonchev–Trinajstić information content (AvgIpc) is 2.96. The predicted molar refractivity (Wildman–Crippen MR) is 103 cm³/mol. The van der Waals surface area contributed by atoms with E-state index in [1.165, 1.54) is 10.6 Å². The molecule has 0 bridgehead atoms. The molecule has 0 unspecified atom stereocenters. The summed E-state index contributed by atoms with van der Waals surface area (Å²) in [6.45, 7) is 0. The third-order valence-corrected chi connectivity index (χ3v) is 5.50. The molecule has 3 aromatic rings. The number of hydrogen-bond donors (Lipinski definition) is 2. The van der Waals surface area contributed by atoms with E-state index >= 15 is 0 Å². The fourth-order valence-electron chi connectivity index (χ4n) is 2.99. The van der Waals surface area contributed by atoms with Crippen molar-refractivity contribution in [1.82, 2.24) is 0 Å². The molecule has 1 heterocycles. The Hall–Kier alpha value is -2.85. The first-order chi connectivity index (χ1) is 12.1. The number of phenols is 2. The highest BCUT2D eigenvalue weighted by Crippen LogP contribution is 2.49. The zero-order valence-electron chi connectivity index (χ0n) is 13.7. The van der Waals surface area contributed by atoms with Crippen LogP contribution in [0, 0.1) is 0 Å². The van der Waals surface area contributed by atoms with E-state index in [9.17, 15) is 10.2 Å². The normalized spacial score (nSPS) is 13.0. The van der Waals surface area contributed by atoms with E-state index < -0.39 is 0 Å². The lowest BCUT2D eigenvalue weighted by Crippen LogP contribution is -2.12. The third kappa shape index (κ3) is 2.85. The standard InChI is InChI=1S/C21H17NO2S/c1-22-18-4-2-3-5-19(18)25-21(22)20(14-6-10-16(23)11-7-14)15-8-12-17(24)13-9-15/h2-13,23-24H,1H3. The number of fused-ring (bicyclic) bond motifs is 1. The van der Waals surface area contributed by atoms with Crippen molar-refractivity contribution in [2.75, 3.05) is 11.9 Å². The van der Waals surface area contributed by atoms with Gasteiger partial charge in [-0.25, -0.2) is 0 Å². The zero-order valence-corrected chi connectivity index (χ0v) is 14.5. The number of rotatable bonds is 2. The Balaban J connectivity index is 1.92. The van der Waals surface area contributed by atoms with Gasteiger partial charge in [-0.05, 0) is 47.5 Å². The number of nitrogens with zero attached hydrogens (tertiary/aromatic N) is 1. The minimum atomic E-state index is 0.245. The molecule has 0 saturated heterocycles. The molecule has 3 nitrogen and oxygen atoms in total. The highest BCUT2D eigenvalue weighted by Gasteiger charge is 2.26. The molecule has 4 heteroatoms. The van der Waals surface area contributed by atoms with Crippen molar-refractivity contribution < 1.29 is 10.2 Å². The lowest BCUT2D eigenvalue weighted by atomic mass is 9.98. The van der Waals surface area contributed by atoms with Crippen molar-refractivity contribution in [2.24, 2.45) is 0 Å². The first-order valence-corrected chi connectivity index (χ1v) is 8.79. The molecular weight excluding hydrogens is 330 g/mol. The lowest BCUT2D eigenvalue weighted by molar-refractivity contribution is 0.475. The van der Waals surface area contributed by atoms with Crippen LogP contribution >= 0.6 is 11.8 Å². The minimum absolute atomic E-state index is 0.245. The summed E-state index contributed by atoms with van der Waals surface area (Å²) >= 11 is 1.73. The Morgan fingerprint density at radius 1 is 0.760 bits per heavy atom. The van der Waals surface area contributed by atoms with E-state index in [1.807, 2.05) is 36.4 Å². The van der Waals surface area contributed by atoms with Crippen LogP contribution in [-0.4, -0.2) is 17.3 Å². The maximum atomic E-state index is 9.64. The zero-order chi connectivity index (χ0) is 17.4. The van der Waals surface area contributed by atoms with E-state index in [0.29, 0.717) is 0 Å². The van der Waals surface area contributed by atoms with Crippen LogP contribution < -0.4 is 4.90 Å². The summed E-state index contributed by atoms with van der Waals surface area (Å²) in [6, 6.07) is 22.8. The summed E-state index contributed by atoms with van der Waals surface area (Å²) in [6.07, 6.45) is 0. The van der Waals surface area contributed by atoms with Crippen LogP contribution in [0.2, 0.25) is 0 Å². The fourth-order valence-corrected chi connectivity index (χ4v) is 4.23. The van der Waals surface area contributed by atoms with Gasteiger partial charge in [-0.2, -0.15) is 0 Å². The Morgan fingerprint density at radius 2 is 1.28 bits per heavy atom. The van der Waals surface area contributed by atoms with Crippen LogP contribution in [0.15, 0.2) is 82.7 Å². The van der Waals surface area contributed by atoms with Crippen LogP contribution in [0.5, 0.6) is 11.5 Å². The summed E-state index contributed by atoms with van der Waals surface area (Å²) in [4.78, 5) is 3.41. The smallest absolute Gasteiger partial charge is 0.115 e. The molecule has 1 aliphatic heterocycles. The number of anilines is 1. The number of phenolic OH excluding ortho intramolecular Hbond substituents is 2. The van der Waals surface area contributed by atoms with Gasteiger partial charge >= 0.3 is 0 Å². The first kappa shape index (κ1) is 15.7. The molecule has 25 heavy (non-hydrogen) atoms. The van der Waals surface area contributed by atoms with E-state index in [2.05, 4.69) is 24.1 Å². The third-order valence-electron chi connectivity index (χ3n) is 4.26. The molecule has 2 N–H and O–H groups in total. The second kappa shape index (κ2) is 6.22. The largest absolute Gasteiger partial charge is 0.508 e. The number of para-hydroxylation sites is 1. The van der Waals surface area contributed by atoms with Gasteiger partial charge in [0.25, 0.3) is 0 Å². The molecular formula is C21H17NO2S. The first-order valence-electron chi connectivity index (χ1n) is 7.97. The number of hydrogen-bond acceptors (Lipinski definition) is 4. The Bertz CT molecular complexity index is 899. The van der Waals surface area contributed by atoms with Crippen molar-refractivity contribution >= 4 is 23.0 Å². The monoisotopic (exact) mass is 347 g/mol. The highest BCUT2D eigenvalue weighted by atomic mass is 32.2. The van der Waals surface area contributed by atoms with Gasteiger partial charge in [-0.3, -0.25) is 0 Å². The molecule has 0 spiro atoms. The predicted octanol–water partition coefficient (Wildman–Crippen LogP) is 5.06. The Labute approximate surface area is 150 Å². The van der Waals surface area contributed by atoms with E-state index in [0.717, 1.165) is 21.7 Å². The van der Waals surface area contributed by atoms with Gasteiger partial charge < -0.3 is 15.1 Å². The molecule has 0 aromatic heterocycles. The summed E-state index contributed by atoms with van der Waals surface area (Å²) < 4.78 is 0. The van der Waals surface area contributed by atoms with Gasteiger partial charge in [0.05, 0.1) is 10.7 Å². The summed E-state index contributed by atoms with van der Waals surface area (Å²) in [5, 5.41) is 20.4. The maximum absolute atomic E-state index is 9.64. The number of benzene rings is 3.